The number of hydrogen-bond donors (Lipinski definition) is 3. The first kappa shape index (κ1) is 21.4. The maximum absolute atomic E-state index is 12.7. The largest absolute Gasteiger partial charge is 0.508 e. The zero-order valence-corrected chi connectivity index (χ0v) is 16.2. The minimum Gasteiger partial charge on any atom is -0.508 e. The van der Waals surface area contributed by atoms with Gasteiger partial charge in [0.15, 0.2) is 0 Å². The molecule has 7 heteroatoms. The molecule has 3 N–H and O–H groups in total. The highest BCUT2D eigenvalue weighted by Gasteiger charge is 2.19. The molecule has 2 aromatic carbocycles. The van der Waals surface area contributed by atoms with Gasteiger partial charge in [-0.15, -0.1) is 0 Å². The first-order chi connectivity index (χ1) is 13.4. The molecule has 0 fully saturated rings. The van der Waals surface area contributed by atoms with Crippen LogP contribution in [0.1, 0.15) is 31.4 Å². The molecular weight excluding hydrogens is 358 g/mol. The second-order valence-electron chi connectivity index (χ2n) is 7.17. The number of amides is 1. The molecule has 0 saturated carbocycles. The molecule has 0 aliphatic rings. The van der Waals surface area contributed by atoms with Crippen LogP contribution in [0.4, 0.5) is 5.69 Å². The lowest BCUT2D eigenvalue weighted by atomic mass is 10.0. The van der Waals surface area contributed by atoms with Crippen LogP contribution in [0.2, 0.25) is 0 Å². The van der Waals surface area contributed by atoms with E-state index >= 15 is 0 Å². The lowest BCUT2D eigenvalue weighted by Gasteiger charge is -2.19. The third-order valence-corrected chi connectivity index (χ3v) is 4.43. The minimum absolute atomic E-state index is 0.0447. The van der Waals surface area contributed by atoms with Gasteiger partial charge in [-0.1, -0.05) is 44.2 Å². The van der Waals surface area contributed by atoms with E-state index < -0.39 is 11.0 Å². The van der Waals surface area contributed by atoms with Gasteiger partial charge in [0.05, 0.1) is 11.0 Å². The summed E-state index contributed by atoms with van der Waals surface area (Å²) in [5, 5.41) is 27.0. The molecule has 28 heavy (non-hydrogen) atoms. The predicted octanol–water partition coefficient (Wildman–Crippen LogP) is 3.16. The molecule has 150 valence electrons. The van der Waals surface area contributed by atoms with E-state index in [1.807, 2.05) is 30.3 Å². The lowest BCUT2D eigenvalue weighted by Crippen LogP contribution is -2.45. The first-order valence-electron chi connectivity index (χ1n) is 9.38. The van der Waals surface area contributed by atoms with Gasteiger partial charge in [-0.25, -0.2) is 0 Å². The van der Waals surface area contributed by atoms with Crippen molar-refractivity contribution in [2.24, 2.45) is 5.92 Å². The van der Waals surface area contributed by atoms with Crippen molar-refractivity contribution >= 4 is 11.6 Å². The van der Waals surface area contributed by atoms with Crippen LogP contribution in [0.3, 0.4) is 0 Å². The third-order valence-electron chi connectivity index (χ3n) is 4.43. The number of carbonyl (C=O) groups excluding carboxylic acids is 1. The molecule has 0 aliphatic heterocycles. The number of rotatable bonds is 10. The molecule has 0 unspecified atom stereocenters. The molecule has 1 amide bonds. The number of nitro benzene ring substituents is 1. The van der Waals surface area contributed by atoms with Crippen molar-refractivity contribution in [2.75, 3.05) is 6.54 Å². The summed E-state index contributed by atoms with van der Waals surface area (Å²) in [6.45, 7) is 4.92. The van der Waals surface area contributed by atoms with E-state index in [0.717, 1.165) is 12.0 Å². The fourth-order valence-electron chi connectivity index (χ4n) is 2.77. The Kier molecular flexibility index (Phi) is 7.95. The molecule has 2 aromatic rings. The molecule has 1 atom stereocenters. The Morgan fingerprint density at radius 2 is 1.89 bits per heavy atom. The van der Waals surface area contributed by atoms with Gasteiger partial charge in [-0.3, -0.25) is 14.9 Å². The third kappa shape index (κ3) is 6.66. The molecular formula is C21H27N3O4. The Bertz CT molecular complexity index is 793. The minimum atomic E-state index is -0.520. The second kappa shape index (κ2) is 10.4. The number of benzene rings is 2. The number of carbonyl (C=O) groups is 1. The average molecular weight is 385 g/mol. The summed E-state index contributed by atoms with van der Waals surface area (Å²) < 4.78 is 0. The summed E-state index contributed by atoms with van der Waals surface area (Å²) in [5.41, 5.74) is 1.28. The number of nitro groups is 1. The molecule has 2 rings (SSSR count). The quantitative estimate of drug-likeness (QED) is 0.430. The Balaban J connectivity index is 2.09. The van der Waals surface area contributed by atoms with Crippen molar-refractivity contribution in [1.82, 2.24) is 10.6 Å². The maximum Gasteiger partial charge on any atom is 0.270 e. The van der Waals surface area contributed by atoms with Gasteiger partial charge in [-0.05, 0) is 30.4 Å². The lowest BCUT2D eigenvalue weighted by molar-refractivity contribution is -0.384. The van der Waals surface area contributed by atoms with E-state index in [0.29, 0.717) is 24.4 Å². The van der Waals surface area contributed by atoms with Crippen LogP contribution in [0, 0.1) is 16.0 Å². The molecule has 0 aromatic heterocycles. The topological polar surface area (TPSA) is 104 Å². The average Bonchev–Trinajstić information content (AvgIpc) is 2.66. The van der Waals surface area contributed by atoms with E-state index in [-0.39, 0.29) is 23.9 Å². The van der Waals surface area contributed by atoms with Gasteiger partial charge in [0.2, 0.25) is 5.91 Å². The number of phenolic OH excluding ortho intramolecular Hbond substituents is 1. The van der Waals surface area contributed by atoms with E-state index in [4.69, 9.17) is 0 Å². The maximum atomic E-state index is 12.7. The van der Waals surface area contributed by atoms with Gasteiger partial charge >= 0.3 is 0 Å². The van der Waals surface area contributed by atoms with Crippen molar-refractivity contribution in [1.29, 1.82) is 0 Å². The molecule has 7 nitrogen and oxygen atoms in total. The number of hydrogen-bond acceptors (Lipinski definition) is 5. The van der Waals surface area contributed by atoms with Gasteiger partial charge in [0.1, 0.15) is 5.75 Å². The highest BCUT2D eigenvalue weighted by Crippen LogP contribution is 2.23. The van der Waals surface area contributed by atoms with Crippen LogP contribution in [0.5, 0.6) is 5.75 Å². The standard InChI is InChI=1S/C21H27N3O4/c1-15(2)10-11-22-21(26)19(12-16-6-4-3-5-7-16)23-14-17-13-18(24(27)28)8-9-20(17)25/h3-9,13,15,19,23,25H,10-12,14H2,1-2H3,(H,22,26)/t19-/m0/s1. The van der Waals surface area contributed by atoms with Crippen LogP contribution >= 0.6 is 0 Å². The first-order valence-corrected chi connectivity index (χ1v) is 9.38. The Morgan fingerprint density at radius 3 is 2.54 bits per heavy atom. The van der Waals surface area contributed by atoms with Gasteiger partial charge < -0.3 is 15.7 Å². The highest BCUT2D eigenvalue weighted by atomic mass is 16.6. The van der Waals surface area contributed by atoms with E-state index in [1.54, 1.807) is 0 Å². The fourth-order valence-corrected chi connectivity index (χ4v) is 2.77. The van der Waals surface area contributed by atoms with Crippen LogP contribution in [0.15, 0.2) is 48.5 Å². The van der Waals surface area contributed by atoms with Crippen LogP contribution < -0.4 is 10.6 Å². The molecule has 0 spiro atoms. The van der Waals surface area contributed by atoms with Crippen molar-refractivity contribution < 1.29 is 14.8 Å². The SMILES string of the molecule is CC(C)CCNC(=O)[C@H](Cc1ccccc1)NCc1cc([N+](=O)[O-])ccc1O. The van der Waals surface area contributed by atoms with Crippen LogP contribution in [-0.2, 0) is 17.8 Å². The second-order valence-corrected chi connectivity index (χ2v) is 7.17. The number of phenols is 1. The summed E-state index contributed by atoms with van der Waals surface area (Å²) in [6.07, 6.45) is 1.36. The highest BCUT2D eigenvalue weighted by molar-refractivity contribution is 5.82. The zero-order chi connectivity index (χ0) is 20.5. The van der Waals surface area contributed by atoms with Crippen molar-refractivity contribution in [3.8, 4) is 5.75 Å². The Hall–Kier alpha value is -2.93. The molecule has 0 bridgehead atoms. The van der Waals surface area contributed by atoms with Crippen LogP contribution in [-0.4, -0.2) is 28.5 Å². The van der Waals surface area contributed by atoms with Crippen LogP contribution in [0.25, 0.3) is 0 Å². The van der Waals surface area contributed by atoms with Gasteiger partial charge in [0.25, 0.3) is 5.69 Å². The van der Waals surface area contributed by atoms with Crippen molar-refractivity contribution in [3.05, 3.63) is 69.8 Å². The molecule has 0 radical (unpaired) electrons. The van der Waals surface area contributed by atoms with E-state index in [1.165, 1.54) is 18.2 Å². The number of aromatic hydroxyl groups is 1. The van der Waals surface area contributed by atoms with E-state index in [9.17, 15) is 20.0 Å². The Labute approximate surface area is 164 Å². The molecule has 0 saturated heterocycles. The number of nitrogens with one attached hydrogen (secondary N) is 2. The smallest absolute Gasteiger partial charge is 0.270 e. The van der Waals surface area contributed by atoms with Crippen molar-refractivity contribution in [2.45, 2.75) is 39.3 Å². The summed E-state index contributed by atoms with van der Waals surface area (Å²) in [6, 6.07) is 13.0. The van der Waals surface area contributed by atoms with Crippen molar-refractivity contribution in [3.63, 3.8) is 0 Å². The zero-order valence-electron chi connectivity index (χ0n) is 16.2. The number of nitrogens with zero attached hydrogens (tertiary/aromatic N) is 1. The fraction of sp³-hybridized carbons (Fsp3) is 0.381. The summed E-state index contributed by atoms with van der Waals surface area (Å²) in [4.78, 5) is 23.1. The monoisotopic (exact) mass is 385 g/mol. The Morgan fingerprint density at radius 1 is 1.18 bits per heavy atom. The predicted molar refractivity (Wildman–Crippen MR) is 108 cm³/mol. The van der Waals surface area contributed by atoms with E-state index in [2.05, 4.69) is 24.5 Å². The summed E-state index contributed by atoms with van der Waals surface area (Å²) in [5.74, 6) is 0.314. The molecule has 0 heterocycles. The van der Waals surface area contributed by atoms with Gasteiger partial charge in [0, 0.05) is 30.8 Å². The van der Waals surface area contributed by atoms with Gasteiger partial charge in [-0.2, -0.15) is 0 Å². The summed E-state index contributed by atoms with van der Waals surface area (Å²) in [7, 11) is 0. The number of non-ortho nitro benzene ring substituents is 1. The normalized spacial score (nSPS) is 12.0. The molecule has 0 aliphatic carbocycles. The summed E-state index contributed by atoms with van der Waals surface area (Å²) >= 11 is 0.